The van der Waals surface area contributed by atoms with Crippen LogP contribution in [0.4, 0.5) is 0 Å². The average molecular weight is 423 g/mol. The van der Waals surface area contributed by atoms with E-state index in [0.29, 0.717) is 36.1 Å². The third kappa shape index (κ3) is 5.25. The van der Waals surface area contributed by atoms with E-state index in [1.807, 2.05) is 24.3 Å². The zero-order chi connectivity index (χ0) is 19.9. The molecule has 3 rings (SSSR count). The number of rotatable bonds is 8. The first kappa shape index (κ1) is 21.1. The number of hydrogen-bond donors (Lipinski definition) is 1. The Morgan fingerprint density at radius 2 is 1.93 bits per heavy atom. The molecule has 1 aliphatic heterocycles. The third-order valence-electron chi connectivity index (χ3n) is 4.85. The molecule has 0 saturated carbocycles. The van der Waals surface area contributed by atoms with E-state index in [1.165, 1.54) is 0 Å². The predicted molar refractivity (Wildman–Crippen MR) is 112 cm³/mol. The Bertz CT molecular complexity index is 810. The minimum Gasteiger partial charge on any atom is -0.495 e. The van der Waals surface area contributed by atoms with Crippen LogP contribution in [0.15, 0.2) is 42.5 Å². The van der Waals surface area contributed by atoms with Gasteiger partial charge in [0.05, 0.1) is 31.9 Å². The Balaban J connectivity index is 1.65. The lowest BCUT2D eigenvalue weighted by Gasteiger charge is -2.35. The molecule has 1 heterocycles. The van der Waals surface area contributed by atoms with Gasteiger partial charge < -0.3 is 14.8 Å². The molecule has 0 bridgehead atoms. The first-order valence-corrected chi connectivity index (χ1v) is 9.99. The van der Waals surface area contributed by atoms with E-state index in [-0.39, 0.29) is 18.4 Å². The molecular formula is C21H24Cl2N2O3. The van der Waals surface area contributed by atoms with Crippen LogP contribution >= 0.6 is 23.2 Å². The van der Waals surface area contributed by atoms with Crippen molar-refractivity contribution in [1.82, 2.24) is 10.2 Å². The van der Waals surface area contributed by atoms with Crippen molar-refractivity contribution in [3.05, 3.63) is 63.6 Å². The molecule has 1 fully saturated rings. The predicted octanol–water partition coefficient (Wildman–Crippen LogP) is 3.85. The Morgan fingerprint density at radius 3 is 2.61 bits per heavy atom. The molecule has 1 aliphatic rings. The van der Waals surface area contributed by atoms with Gasteiger partial charge in [-0.15, -0.1) is 0 Å². The maximum absolute atomic E-state index is 12.5. The summed E-state index contributed by atoms with van der Waals surface area (Å²) in [4.78, 5) is 14.9. The zero-order valence-corrected chi connectivity index (χ0v) is 17.3. The molecule has 1 atom stereocenters. The highest BCUT2D eigenvalue weighted by atomic mass is 35.5. The number of carbonyl (C=O) groups is 1. The van der Waals surface area contributed by atoms with Gasteiger partial charge in [0.25, 0.3) is 0 Å². The summed E-state index contributed by atoms with van der Waals surface area (Å²) in [5.41, 5.74) is 1.61. The maximum atomic E-state index is 12.5. The van der Waals surface area contributed by atoms with Crippen LogP contribution in [0.3, 0.4) is 0 Å². The van der Waals surface area contributed by atoms with Crippen LogP contribution in [-0.2, 0) is 4.74 Å². The van der Waals surface area contributed by atoms with Gasteiger partial charge in [-0.2, -0.15) is 0 Å². The number of ketones is 1. The highest BCUT2D eigenvalue weighted by Crippen LogP contribution is 2.28. The van der Waals surface area contributed by atoms with Crippen molar-refractivity contribution in [3.8, 4) is 5.75 Å². The Labute approximate surface area is 175 Å². The molecule has 2 aromatic rings. The lowest BCUT2D eigenvalue weighted by molar-refractivity contribution is 0.0162. The van der Waals surface area contributed by atoms with Crippen LogP contribution in [0.25, 0.3) is 0 Å². The topological polar surface area (TPSA) is 50.8 Å². The van der Waals surface area contributed by atoms with Gasteiger partial charge in [-0.05, 0) is 29.8 Å². The third-order valence-corrected chi connectivity index (χ3v) is 5.49. The smallest absolute Gasteiger partial charge is 0.176 e. The lowest BCUT2D eigenvalue weighted by Crippen LogP contribution is -2.43. The van der Waals surface area contributed by atoms with Crippen LogP contribution in [0.1, 0.15) is 22.0 Å². The Morgan fingerprint density at radius 1 is 1.18 bits per heavy atom. The van der Waals surface area contributed by atoms with Crippen molar-refractivity contribution < 1.29 is 14.3 Å². The van der Waals surface area contributed by atoms with Crippen LogP contribution in [0.2, 0.25) is 10.0 Å². The van der Waals surface area contributed by atoms with Crippen molar-refractivity contribution in [2.24, 2.45) is 0 Å². The summed E-state index contributed by atoms with van der Waals surface area (Å²) >= 11 is 12.6. The quantitative estimate of drug-likeness (QED) is 0.654. The van der Waals surface area contributed by atoms with E-state index >= 15 is 0 Å². The first-order chi connectivity index (χ1) is 13.6. The fourth-order valence-electron chi connectivity index (χ4n) is 3.33. The number of carbonyl (C=O) groups excluding carboxylic acids is 1. The van der Waals surface area contributed by atoms with Crippen molar-refractivity contribution in [2.45, 2.75) is 6.04 Å². The standard InChI is InChI=1S/C21H24Cl2N2O3/c1-27-21-7-6-15(12-18(21)23)20(26)14-24-13-19(25-8-10-28-11-9-25)16-4-2-3-5-17(16)22/h2-7,12,19,24H,8-11,13-14H2,1H3. The summed E-state index contributed by atoms with van der Waals surface area (Å²) < 4.78 is 10.6. The van der Waals surface area contributed by atoms with Gasteiger partial charge in [0, 0.05) is 36.3 Å². The molecule has 2 aromatic carbocycles. The van der Waals surface area contributed by atoms with Crippen LogP contribution in [0.5, 0.6) is 5.75 Å². The molecule has 5 nitrogen and oxygen atoms in total. The van der Waals surface area contributed by atoms with E-state index in [4.69, 9.17) is 32.7 Å². The van der Waals surface area contributed by atoms with Gasteiger partial charge in [-0.25, -0.2) is 0 Å². The van der Waals surface area contributed by atoms with Crippen molar-refractivity contribution in [2.75, 3.05) is 46.5 Å². The lowest BCUT2D eigenvalue weighted by atomic mass is 10.0. The number of ether oxygens (including phenoxy) is 2. The summed E-state index contributed by atoms with van der Waals surface area (Å²) in [5, 5.41) is 4.45. The summed E-state index contributed by atoms with van der Waals surface area (Å²) in [6.45, 7) is 3.89. The monoisotopic (exact) mass is 422 g/mol. The van der Waals surface area contributed by atoms with Gasteiger partial charge >= 0.3 is 0 Å². The van der Waals surface area contributed by atoms with Gasteiger partial charge in [0.15, 0.2) is 5.78 Å². The van der Waals surface area contributed by atoms with Crippen LogP contribution in [0, 0.1) is 0 Å². The Hall–Kier alpha value is -1.63. The Kier molecular flexibility index (Phi) is 7.71. The van der Waals surface area contributed by atoms with Gasteiger partial charge in [0.2, 0.25) is 0 Å². The minimum atomic E-state index is -0.0237. The number of halogens is 2. The summed E-state index contributed by atoms with van der Waals surface area (Å²) in [7, 11) is 1.55. The van der Waals surface area contributed by atoms with E-state index in [2.05, 4.69) is 10.2 Å². The second-order valence-corrected chi connectivity index (χ2v) is 7.40. The SMILES string of the molecule is COc1ccc(C(=O)CNCC(c2ccccc2Cl)N2CCOCC2)cc1Cl. The van der Waals surface area contributed by atoms with E-state index in [1.54, 1.807) is 25.3 Å². The minimum absolute atomic E-state index is 0.0237. The summed E-state index contributed by atoms with van der Waals surface area (Å²) in [6, 6.07) is 13.0. The molecule has 0 radical (unpaired) electrons. The van der Waals surface area contributed by atoms with Gasteiger partial charge in [-0.3, -0.25) is 9.69 Å². The van der Waals surface area contributed by atoms with Crippen LogP contribution < -0.4 is 10.1 Å². The molecule has 1 saturated heterocycles. The average Bonchev–Trinajstić information content (AvgIpc) is 2.72. The molecular weight excluding hydrogens is 399 g/mol. The number of hydrogen-bond acceptors (Lipinski definition) is 5. The molecule has 7 heteroatoms. The molecule has 1 unspecified atom stereocenters. The molecule has 0 spiro atoms. The zero-order valence-electron chi connectivity index (χ0n) is 15.8. The molecule has 28 heavy (non-hydrogen) atoms. The molecule has 150 valence electrons. The van der Waals surface area contributed by atoms with Crippen molar-refractivity contribution in [1.29, 1.82) is 0 Å². The van der Waals surface area contributed by atoms with Crippen molar-refractivity contribution in [3.63, 3.8) is 0 Å². The number of nitrogens with one attached hydrogen (secondary N) is 1. The first-order valence-electron chi connectivity index (χ1n) is 9.24. The van der Waals surface area contributed by atoms with E-state index in [0.717, 1.165) is 23.7 Å². The number of benzene rings is 2. The highest BCUT2D eigenvalue weighted by molar-refractivity contribution is 6.32. The number of nitrogens with zero attached hydrogens (tertiary/aromatic N) is 1. The van der Waals surface area contributed by atoms with E-state index in [9.17, 15) is 4.79 Å². The van der Waals surface area contributed by atoms with Crippen molar-refractivity contribution >= 4 is 29.0 Å². The summed E-state index contributed by atoms with van der Waals surface area (Å²) in [6.07, 6.45) is 0. The molecule has 0 amide bonds. The molecule has 0 aliphatic carbocycles. The van der Waals surface area contributed by atoms with Crippen LogP contribution in [-0.4, -0.2) is 57.2 Å². The fourth-order valence-corrected chi connectivity index (χ4v) is 3.85. The second-order valence-electron chi connectivity index (χ2n) is 6.59. The normalized spacial score (nSPS) is 16.0. The summed E-state index contributed by atoms with van der Waals surface area (Å²) in [5.74, 6) is 0.529. The maximum Gasteiger partial charge on any atom is 0.176 e. The second kappa shape index (κ2) is 10.2. The fraction of sp³-hybridized carbons (Fsp3) is 0.381. The van der Waals surface area contributed by atoms with Gasteiger partial charge in [-0.1, -0.05) is 41.4 Å². The largest absolute Gasteiger partial charge is 0.495 e. The van der Waals surface area contributed by atoms with Gasteiger partial charge in [0.1, 0.15) is 5.75 Å². The highest BCUT2D eigenvalue weighted by Gasteiger charge is 2.24. The van der Waals surface area contributed by atoms with E-state index < -0.39 is 0 Å². The molecule has 1 N–H and O–H groups in total. The molecule has 0 aromatic heterocycles. The number of methoxy groups -OCH3 is 1. The number of morpholine rings is 1. The number of Topliss-reactive ketones (excluding diaryl/α,β-unsaturated/α-hetero) is 1.